The normalized spacial score (nSPS) is 11.4. The molecule has 2 aromatic carbocycles. The molecule has 0 saturated heterocycles. The fraction of sp³-hybridized carbons (Fsp3) is 0.176. The molecule has 0 unspecified atom stereocenters. The first-order valence-corrected chi connectivity index (χ1v) is 7.53. The first-order chi connectivity index (χ1) is 11.0. The lowest BCUT2D eigenvalue weighted by Gasteiger charge is -2.15. The van der Waals surface area contributed by atoms with E-state index in [1.807, 2.05) is 6.07 Å². The summed E-state index contributed by atoms with van der Waals surface area (Å²) in [4.78, 5) is 12.0. The first-order valence-electron chi connectivity index (χ1n) is 6.77. The molecule has 1 atom stereocenters. The molecule has 0 N–H and O–H groups in total. The lowest BCUT2D eigenvalue weighted by molar-refractivity contribution is -0.152. The number of hydrogen-bond donors (Lipinski definition) is 0. The Morgan fingerprint density at radius 1 is 1.26 bits per heavy atom. The molecule has 0 heterocycles. The molecule has 0 fully saturated rings. The molecule has 4 nitrogen and oxygen atoms in total. The lowest BCUT2D eigenvalue weighted by atomic mass is 10.1. The van der Waals surface area contributed by atoms with Crippen LogP contribution in [0.25, 0.3) is 0 Å². The van der Waals surface area contributed by atoms with Crippen LogP contribution in [-0.4, -0.2) is 12.1 Å². The van der Waals surface area contributed by atoms with Crippen LogP contribution in [0, 0.1) is 11.3 Å². The molecule has 0 aliphatic carbocycles. The van der Waals surface area contributed by atoms with Gasteiger partial charge in [0, 0.05) is 10.6 Å². The third-order valence-corrected chi connectivity index (χ3v) is 3.57. The van der Waals surface area contributed by atoms with Crippen LogP contribution in [0.1, 0.15) is 18.1 Å². The van der Waals surface area contributed by atoms with Crippen molar-refractivity contribution in [2.24, 2.45) is 0 Å². The standard InChI is InChI=1S/C17H13Cl2NO3/c1-11(23-16-7-6-14(18)8-15(16)19)17(21)22-10-13-5-3-2-4-12(13)9-20/h2-8,11H,10H2,1H3/t11-/m1/s1. The molecule has 0 aromatic heterocycles. The van der Waals surface area contributed by atoms with Gasteiger partial charge in [-0.1, -0.05) is 41.4 Å². The van der Waals surface area contributed by atoms with E-state index in [2.05, 4.69) is 0 Å². The van der Waals surface area contributed by atoms with E-state index in [9.17, 15) is 4.79 Å². The molecule has 0 aliphatic heterocycles. The third kappa shape index (κ3) is 4.62. The van der Waals surface area contributed by atoms with Crippen LogP contribution in [-0.2, 0) is 16.1 Å². The predicted molar refractivity (Wildman–Crippen MR) is 87.5 cm³/mol. The highest BCUT2D eigenvalue weighted by molar-refractivity contribution is 6.35. The van der Waals surface area contributed by atoms with Crippen molar-refractivity contribution in [2.75, 3.05) is 0 Å². The van der Waals surface area contributed by atoms with E-state index in [0.29, 0.717) is 26.9 Å². The quantitative estimate of drug-likeness (QED) is 0.751. The van der Waals surface area contributed by atoms with E-state index in [1.165, 1.54) is 6.07 Å². The molecule has 2 aromatic rings. The van der Waals surface area contributed by atoms with Gasteiger partial charge in [0.15, 0.2) is 6.10 Å². The van der Waals surface area contributed by atoms with Gasteiger partial charge in [0.2, 0.25) is 0 Å². The number of hydrogen-bond acceptors (Lipinski definition) is 4. The predicted octanol–water partition coefficient (Wildman–Crippen LogP) is 4.38. The SMILES string of the molecule is C[C@@H](Oc1ccc(Cl)cc1Cl)C(=O)OCc1ccccc1C#N. The Kier molecular flexibility index (Phi) is 5.86. The topological polar surface area (TPSA) is 59.3 Å². The van der Waals surface area contributed by atoms with E-state index < -0.39 is 12.1 Å². The summed E-state index contributed by atoms with van der Waals surface area (Å²) < 4.78 is 10.7. The van der Waals surface area contributed by atoms with Gasteiger partial charge in [0.05, 0.1) is 16.7 Å². The second kappa shape index (κ2) is 7.87. The summed E-state index contributed by atoms with van der Waals surface area (Å²) >= 11 is 11.8. The van der Waals surface area contributed by atoms with Gasteiger partial charge < -0.3 is 9.47 Å². The minimum absolute atomic E-state index is 0.00458. The summed E-state index contributed by atoms with van der Waals surface area (Å²) in [5.74, 6) is -0.207. The maximum atomic E-state index is 12.0. The Hall–Kier alpha value is -2.22. The van der Waals surface area contributed by atoms with Crippen LogP contribution >= 0.6 is 23.2 Å². The number of carbonyl (C=O) groups excluding carboxylic acids is 1. The Balaban J connectivity index is 1.96. The molecular weight excluding hydrogens is 337 g/mol. The van der Waals surface area contributed by atoms with Gasteiger partial charge in [-0.15, -0.1) is 0 Å². The van der Waals surface area contributed by atoms with Crippen molar-refractivity contribution in [1.82, 2.24) is 0 Å². The third-order valence-electron chi connectivity index (χ3n) is 3.04. The lowest BCUT2D eigenvalue weighted by Crippen LogP contribution is -2.26. The summed E-state index contributed by atoms with van der Waals surface area (Å²) in [6, 6.07) is 13.7. The highest BCUT2D eigenvalue weighted by atomic mass is 35.5. The Labute approximate surface area is 144 Å². The summed E-state index contributed by atoms with van der Waals surface area (Å²) in [5, 5.41) is 9.79. The van der Waals surface area contributed by atoms with Gasteiger partial charge >= 0.3 is 5.97 Å². The average molecular weight is 350 g/mol. The molecule has 0 radical (unpaired) electrons. The molecule has 0 amide bonds. The summed E-state index contributed by atoms with van der Waals surface area (Å²) in [5.41, 5.74) is 1.11. The minimum Gasteiger partial charge on any atom is -0.477 e. The van der Waals surface area contributed by atoms with Gasteiger partial charge in [0.1, 0.15) is 12.4 Å². The van der Waals surface area contributed by atoms with E-state index in [0.717, 1.165) is 0 Å². The highest BCUT2D eigenvalue weighted by Gasteiger charge is 2.18. The maximum absolute atomic E-state index is 12.0. The van der Waals surface area contributed by atoms with Crippen LogP contribution in [0.2, 0.25) is 10.0 Å². The summed E-state index contributed by atoms with van der Waals surface area (Å²) in [7, 11) is 0. The number of rotatable bonds is 5. The number of nitrogens with zero attached hydrogens (tertiary/aromatic N) is 1. The average Bonchev–Trinajstić information content (AvgIpc) is 2.55. The van der Waals surface area contributed by atoms with Crippen molar-refractivity contribution in [3.05, 3.63) is 63.6 Å². The number of benzene rings is 2. The monoisotopic (exact) mass is 349 g/mol. The molecule has 23 heavy (non-hydrogen) atoms. The van der Waals surface area contributed by atoms with Crippen LogP contribution in [0.3, 0.4) is 0 Å². The molecule has 0 spiro atoms. The van der Waals surface area contributed by atoms with Gasteiger partial charge in [-0.2, -0.15) is 5.26 Å². The van der Waals surface area contributed by atoms with Crippen LogP contribution in [0.5, 0.6) is 5.75 Å². The zero-order valence-electron chi connectivity index (χ0n) is 12.3. The smallest absolute Gasteiger partial charge is 0.347 e. The molecule has 118 valence electrons. The molecule has 0 saturated carbocycles. The van der Waals surface area contributed by atoms with E-state index >= 15 is 0 Å². The fourth-order valence-electron chi connectivity index (χ4n) is 1.83. The van der Waals surface area contributed by atoms with Crippen molar-refractivity contribution in [1.29, 1.82) is 5.26 Å². The van der Waals surface area contributed by atoms with Crippen LogP contribution in [0.15, 0.2) is 42.5 Å². The van der Waals surface area contributed by atoms with E-state index in [1.54, 1.807) is 43.3 Å². The van der Waals surface area contributed by atoms with Gasteiger partial charge in [-0.3, -0.25) is 0 Å². The minimum atomic E-state index is -0.845. The number of nitriles is 1. The number of ether oxygens (including phenoxy) is 2. The number of halogens is 2. The molecule has 0 bridgehead atoms. The van der Waals surface area contributed by atoms with Crippen molar-refractivity contribution >= 4 is 29.2 Å². The number of esters is 1. The number of carbonyl (C=O) groups is 1. The first kappa shape index (κ1) is 17.1. The second-order valence-corrected chi connectivity index (χ2v) is 5.56. The molecular formula is C17H13Cl2NO3. The van der Waals surface area contributed by atoms with E-state index in [4.69, 9.17) is 37.9 Å². The van der Waals surface area contributed by atoms with Crippen molar-refractivity contribution in [3.63, 3.8) is 0 Å². The molecule has 0 aliphatic rings. The highest BCUT2D eigenvalue weighted by Crippen LogP contribution is 2.28. The summed E-state index contributed by atoms with van der Waals surface area (Å²) in [6.45, 7) is 1.56. The van der Waals surface area contributed by atoms with Crippen molar-refractivity contribution in [3.8, 4) is 11.8 Å². The van der Waals surface area contributed by atoms with Crippen LogP contribution in [0.4, 0.5) is 0 Å². The van der Waals surface area contributed by atoms with Crippen molar-refractivity contribution < 1.29 is 14.3 Å². The Morgan fingerprint density at radius 3 is 2.70 bits per heavy atom. The van der Waals surface area contributed by atoms with Crippen LogP contribution < -0.4 is 4.74 Å². The zero-order chi connectivity index (χ0) is 16.8. The molecule has 2 rings (SSSR count). The Morgan fingerprint density at radius 2 is 2.00 bits per heavy atom. The largest absolute Gasteiger partial charge is 0.477 e. The van der Waals surface area contributed by atoms with Gasteiger partial charge in [-0.05, 0) is 31.2 Å². The Bertz CT molecular complexity index is 756. The maximum Gasteiger partial charge on any atom is 0.347 e. The summed E-state index contributed by atoms with van der Waals surface area (Å²) in [6.07, 6.45) is -0.845. The van der Waals surface area contributed by atoms with Gasteiger partial charge in [-0.25, -0.2) is 4.79 Å². The zero-order valence-corrected chi connectivity index (χ0v) is 13.8. The van der Waals surface area contributed by atoms with Gasteiger partial charge in [0.25, 0.3) is 0 Å². The van der Waals surface area contributed by atoms with E-state index in [-0.39, 0.29) is 6.61 Å². The molecule has 6 heteroatoms. The van der Waals surface area contributed by atoms with Crippen molar-refractivity contribution in [2.45, 2.75) is 19.6 Å². The second-order valence-electron chi connectivity index (χ2n) is 4.71. The fourth-order valence-corrected chi connectivity index (χ4v) is 2.28.